The van der Waals surface area contributed by atoms with E-state index in [1.807, 2.05) is 24.3 Å². The Balaban J connectivity index is 2.03. The number of hydrogen-bond acceptors (Lipinski definition) is 3. The van der Waals surface area contributed by atoms with E-state index in [0.717, 1.165) is 17.5 Å². The van der Waals surface area contributed by atoms with Crippen molar-refractivity contribution in [1.82, 2.24) is 0 Å². The highest BCUT2D eigenvalue weighted by Crippen LogP contribution is 2.17. The molecule has 102 valence electrons. The van der Waals surface area contributed by atoms with E-state index in [0.29, 0.717) is 11.3 Å². The van der Waals surface area contributed by atoms with Gasteiger partial charge in [-0.3, -0.25) is 0 Å². The highest BCUT2D eigenvalue weighted by atomic mass is 16.5. The van der Waals surface area contributed by atoms with E-state index in [4.69, 9.17) is 4.74 Å². The second-order valence-corrected chi connectivity index (χ2v) is 4.66. The van der Waals surface area contributed by atoms with Crippen molar-refractivity contribution in [3.05, 3.63) is 71.8 Å². The van der Waals surface area contributed by atoms with E-state index in [1.165, 1.54) is 0 Å². The second kappa shape index (κ2) is 6.06. The number of carbonyl (C=O) groups is 1. The standard InChI is InChI=1S/C17H16O3/c1-12(2)17(19)20-16-9-5-14(6-10-16)11-13-3-7-15(18)8-4-13/h3-10,18H,1,11H2,2H3. The number of phenols is 1. The maximum atomic E-state index is 11.4. The molecule has 0 spiro atoms. The predicted octanol–water partition coefficient (Wildman–Crippen LogP) is 3.46. The first-order valence-electron chi connectivity index (χ1n) is 6.29. The first-order valence-corrected chi connectivity index (χ1v) is 6.29. The van der Waals surface area contributed by atoms with Crippen LogP contribution in [0.3, 0.4) is 0 Å². The summed E-state index contributed by atoms with van der Waals surface area (Å²) in [7, 11) is 0. The zero-order valence-corrected chi connectivity index (χ0v) is 11.3. The number of benzene rings is 2. The molecule has 1 N–H and O–H groups in total. The van der Waals surface area contributed by atoms with E-state index in [2.05, 4.69) is 6.58 Å². The summed E-state index contributed by atoms with van der Waals surface area (Å²) >= 11 is 0. The van der Waals surface area contributed by atoms with Crippen molar-refractivity contribution >= 4 is 5.97 Å². The number of carbonyl (C=O) groups excluding carboxylic acids is 1. The maximum Gasteiger partial charge on any atom is 0.338 e. The van der Waals surface area contributed by atoms with Crippen molar-refractivity contribution in [2.24, 2.45) is 0 Å². The highest BCUT2D eigenvalue weighted by molar-refractivity contribution is 5.88. The minimum atomic E-state index is -0.420. The minimum Gasteiger partial charge on any atom is -0.508 e. The molecule has 0 aliphatic rings. The van der Waals surface area contributed by atoms with E-state index in [1.54, 1.807) is 31.2 Å². The highest BCUT2D eigenvalue weighted by Gasteiger charge is 2.05. The van der Waals surface area contributed by atoms with Crippen LogP contribution >= 0.6 is 0 Å². The predicted molar refractivity (Wildman–Crippen MR) is 77.8 cm³/mol. The quantitative estimate of drug-likeness (QED) is 0.524. The summed E-state index contributed by atoms with van der Waals surface area (Å²) in [5.41, 5.74) is 2.58. The number of hydrogen-bond donors (Lipinski definition) is 1. The lowest BCUT2D eigenvalue weighted by molar-refractivity contribution is -0.130. The molecule has 0 amide bonds. The van der Waals surface area contributed by atoms with Gasteiger partial charge in [-0.1, -0.05) is 30.8 Å². The number of esters is 1. The van der Waals surface area contributed by atoms with Crippen LogP contribution in [0.1, 0.15) is 18.1 Å². The molecule has 0 atom stereocenters. The molecule has 2 aromatic rings. The Bertz CT molecular complexity index is 610. The lowest BCUT2D eigenvalue weighted by atomic mass is 10.0. The number of phenolic OH excluding ortho intramolecular Hbond substituents is 1. The van der Waals surface area contributed by atoms with E-state index >= 15 is 0 Å². The van der Waals surface area contributed by atoms with E-state index in [9.17, 15) is 9.90 Å². The summed E-state index contributed by atoms with van der Waals surface area (Å²) in [6.45, 7) is 5.15. The average Bonchev–Trinajstić information content (AvgIpc) is 2.43. The van der Waals surface area contributed by atoms with Gasteiger partial charge in [0.25, 0.3) is 0 Å². The summed E-state index contributed by atoms with van der Waals surface area (Å²) in [4.78, 5) is 11.4. The van der Waals surface area contributed by atoms with Gasteiger partial charge in [-0.15, -0.1) is 0 Å². The molecule has 0 radical (unpaired) electrons. The van der Waals surface area contributed by atoms with Crippen LogP contribution < -0.4 is 4.74 Å². The molecule has 0 saturated carbocycles. The number of ether oxygens (including phenoxy) is 1. The third-order valence-corrected chi connectivity index (χ3v) is 2.83. The van der Waals surface area contributed by atoms with Gasteiger partial charge >= 0.3 is 5.97 Å². The topological polar surface area (TPSA) is 46.5 Å². The van der Waals surface area contributed by atoms with Gasteiger partial charge in [0.1, 0.15) is 11.5 Å². The Kier molecular flexibility index (Phi) is 4.20. The van der Waals surface area contributed by atoms with Crippen LogP contribution in [0.4, 0.5) is 0 Å². The van der Waals surface area contributed by atoms with Gasteiger partial charge in [-0.25, -0.2) is 4.79 Å². The third-order valence-electron chi connectivity index (χ3n) is 2.83. The van der Waals surface area contributed by atoms with Gasteiger partial charge in [0.2, 0.25) is 0 Å². The number of aromatic hydroxyl groups is 1. The molecule has 0 fully saturated rings. The van der Waals surface area contributed by atoms with Crippen molar-refractivity contribution in [3.63, 3.8) is 0 Å². The van der Waals surface area contributed by atoms with Crippen molar-refractivity contribution < 1.29 is 14.6 Å². The van der Waals surface area contributed by atoms with Gasteiger partial charge in [-0.2, -0.15) is 0 Å². The van der Waals surface area contributed by atoms with Crippen LogP contribution in [0.5, 0.6) is 11.5 Å². The molecular formula is C17H16O3. The van der Waals surface area contributed by atoms with Crippen molar-refractivity contribution in [2.45, 2.75) is 13.3 Å². The molecule has 2 rings (SSSR count). The Labute approximate surface area is 118 Å². The molecule has 3 nitrogen and oxygen atoms in total. The molecule has 0 bridgehead atoms. The van der Waals surface area contributed by atoms with Crippen LogP contribution in [0.2, 0.25) is 0 Å². The van der Waals surface area contributed by atoms with E-state index < -0.39 is 5.97 Å². The van der Waals surface area contributed by atoms with Crippen LogP contribution in [0.15, 0.2) is 60.7 Å². The summed E-state index contributed by atoms with van der Waals surface area (Å²) in [6, 6.07) is 14.4. The summed E-state index contributed by atoms with van der Waals surface area (Å²) in [6.07, 6.45) is 0.759. The minimum absolute atomic E-state index is 0.260. The van der Waals surface area contributed by atoms with Crippen LogP contribution in [-0.4, -0.2) is 11.1 Å². The van der Waals surface area contributed by atoms with Gasteiger partial charge in [0.15, 0.2) is 0 Å². The Morgan fingerprint density at radius 3 is 2.05 bits per heavy atom. The van der Waals surface area contributed by atoms with Crippen molar-refractivity contribution in [2.75, 3.05) is 0 Å². The summed E-state index contributed by atoms with van der Waals surface area (Å²) in [5, 5.41) is 9.23. The largest absolute Gasteiger partial charge is 0.508 e. The Morgan fingerprint density at radius 1 is 1.05 bits per heavy atom. The first kappa shape index (κ1) is 13.9. The fourth-order valence-corrected chi connectivity index (χ4v) is 1.72. The van der Waals surface area contributed by atoms with Crippen LogP contribution in [0, 0.1) is 0 Å². The molecule has 0 unspecified atom stereocenters. The lowest BCUT2D eigenvalue weighted by Gasteiger charge is -2.06. The van der Waals surface area contributed by atoms with Crippen molar-refractivity contribution in [3.8, 4) is 11.5 Å². The third kappa shape index (κ3) is 3.72. The normalized spacial score (nSPS) is 10.1. The average molecular weight is 268 g/mol. The van der Waals surface area contributed by atoms with Gasteiger partial charge in [-0.05, 0) is 48.7 Å². The molecule has 0 saturated heterocycles. The molecule has 3 heteroatoms. The summed E-state index contributed by atoms with van der Waals surface area (Å²) in [5.74, 6) is 0.347. The fraction of sp³-hybridized carbons (Fsp3) is 0.118. The molecule has 0 aliphatic heterocycles. The maximum absolute atomic E-state index is 11.4. The van der Waals surface area contributed by atoms with Crippen molar-refractivity contribution in [1.29, 1.82) is 0 Å². The SMILES string of the molecule is C=C(C)C(=O)Oc1ccc(Cc2ccc(O)cc2)cc1. The molecule has 0 heterocycles. The lowest BCUT2D eigenvalue weighted by Crippen LogP contribution is -2.08. The van der Waals surface area contributed by atoms with Gasteiger partial charge in [0.05, 0.1) is 0 Å². The van der Waals surface area contributed by atoms with Gasteiger partial charge in [0, 0.05) is 5.57 Å². The van der Waals surface area contributed by atoms with Crippen LogP contribution in [0.25, 0.3) is 0 Å². The van der Waals surface area contributed by atoms with Gasteiger partial charge < -0.3 is 9.84 Å². The monoisotopic (exact) mass is 268 g/mol. The summed E-state index contributed by atoms with van der Waals surface area (Å²) < 4.78 is 5.13. The second-order valence-electron chi connectivity index (χ2n) is 4.66. The molecule has 0 aliphatic carbocycles. The molecule has 0 aromatic heterocycles. The number of rotatable bonds is 4. The zero-order valence-electron chi connectivity index (χ0n) is 11.3. The zero-order chi connectivity index (χ0) is 14.5. The Morgan fingerprint density at radius 2 is 1.55 bits per heavy atom. The van der Waals surface area contributed by atoms with E-state index in [-0.39, 0.29) is 5.75 Å². The first-order chi connectivity index (χ1) is 9.54. The molecule has 20 heavy (non-hydrogen) atoms. The van der Waals surface area contributed by atoms with Crippen LogP contribution in [-0.2, 0) is 11.2 Å². The fourth-order valence-electron chi connectivity index (χ4n) is 1.72. The smallest absolute Gasteiger partial charge is 0.338 e. The Hall–Kier alpha value is -2.55. The molecular weight excluding hydrogens is 252 g/mol. The molecule has 2 aromatic carbocycles.